The fourth-order valence-electron chi connectivity index (χ4n) is 5.53. The Hall–Kier alpha value is -4.14. The van der Waals surface area contributed by atoms with Crippen molar-refractivity contribution in [2.24, 2.45) is 13.0 Å². The second kappa shape index (κ2) is 8.51. The molecular weight excluding hydrogens is 454 g/mol. The Morgan fingerprint density at radius 1 is 1.14 bits per heavy atom. The summed E-state index contributed by atoms with van der Waals surface area (Å²) in [7, 11) is 1.77. The molecular formula is C27H27N7O2. The average molecular weight is 482 g/mol. The molecule has 1 unspecified atom stereocenters. The standard InChI is InChI=1S/C27H27N7O2/c1-14-9-16(26-31-33-34(3)32-26)10-15(2)25(14)19-6-4-5-18-17(19)7-8-22(18)30-24-13-28-23(12-29-24)20-11-21(20)27(35)36/h4-6,9-10,12-13,20-22H,7-8,11H2,1-3H3,(H,29,30)(H,35,36)/t20-,21-,22?/m1/s1. The third-order valence-electron chi connectivity index (χ3n) is 7.32. The highest BCUT2D eigenvalue weighted by molar-refractivity contribution is 5.78. The molecule has 9 nitrogen and oxygen atoms in total. The minimum absolute atomic E-state index is 0.0126. The van der Waals surface area contributed by atoms with Crippen LogP contribution in [0.3, 0.4) is 0 Å². The summed E-state index contributed by atoms with van der Waals surface area (Å²) in [5.74, 6) is 0.248. The molecule has 0 aliphatic heterocycles. The predicted octanol–water partition coefficient (Wildman–Crippen LogP) is 4.24. The number of carboxylic acid groups (broad SMARTS) is 1. The van der Waals surface area contributed by atoms with Crippen LogP contribution in [0.25, 0.3) is 22.5 Å². The van der Waals surface area contributed by atoms with Crippen molar-refractivity contribution in [3.63, 3.8) is 0 Å². The topological polar surface area (TPSA) is 119 Å². The number of aryl methyl sites for hydroxylation is 3. The molecule has 0 spiro atoms. The minimum atomic E-state index is -0.757. The molecule has 0 bridgehead atoms. The SMILES string of the molecule is Cc1cc(-c2nnn(C)n2)cc(C)c1-c1cccc2c1CCC2Nc1cnc([C@@H]2C[C@H]2C(=O)O)cn1. The van der Waals surface area contributed by atoms with E-state index in [-0.39, 0.29) is 17.9 Å². The van der Waals surface area contributed by atoms with Gasteiger partial charge in [0.05, 0.1) is 37.1 Å². The Morgan fingerprint density at radius 2 is 1.94 bits per heavy atom. The first-order valence-corrected chi connectivity index (χ1v) is 12.2. The number of benzene rings is 2. The first kappa shape index (κ1) is 22.3. The van der Waals surface area contributed by atoms with Crippen LogP contribution in [-0.4, -0.2) is 41.3 Å². The summed E-state index contributed by atoms with van der Waals surface area (Å²) in [6.07, 6.45) is 6.03. The Kier molecular flexibility index (Phi) is 5.28. The largest absolute Gasteiger partial charge is 0.481 e. The number of carboxylic acids is 1. The summed E-state index contributed by atoms with van der Waals surface area (Å²) in [6, 6.07) is 10.9. The molecule has 9 heteroatoms. The van der Waals surface area contributed by atoms with Gasteiger partial charge in [0.1, 0.15) is 5.82 Å². The molecule has 4 aromatic rings. The molecule has 36 heavy (non-hydrogen) atoms. The molecule has 2 aliphatic carbocycles. The number of hydrogen-bond donors (Lipinski definition) is 2. The number of nitrogens with zero attached hydrogens (tertiary/aromatic N) is 6. The van der Waals surface area contributed by atoms with Crippen molar-refractivity contribution in [1.29, 1.82) is 0 Å². The monoisotopic (exact) mass is 481 g/mol. The van der Waals surface area contributed by atoms with Crippen LogP contribution in [0.2, 0.25) is 0 Å². The lowest BCUT2D eigenvalue weighted by molar-refractivity contribution is -0.138. The number of hydrogen-bond acceptors (Lipinski definition) is 7. The number of aliphatic carboxylic acids is 1. The predicted molar refractivity (Wildman–Crippen MR) is 134 cm³/mol. The molecule has 2 aromatic heterocycles. The molecule has 2 N–H and O–H groups in total. The first-order valence-electron chi connectivity index (χ1n) is 12.2. The van der Waals surface area contributed by atoms with E-state index in [1.165, 1.54) is 38.2 Å². The zero-order valence-corrected chi connectivity index (χ0v) is 20.4. The third-order valence-corrected chi connectivity index (χ3v) is 7.32. The van der Waals surface area contributed by atoms with Gasteiger partial charge in [0.2, 0.25) is 5.82 Å². The quantitative estimate of drug-likeness (QED) is 0.420. The highest BCUT2D eigenvalue weighted by atomic mass is 16.4. The van der Waals surface area contributed by atoms with E-state index in [9.17, 15) is 4.79 Å². The minimum Gasteiger partial charge on any atom is -0.481 e. The molecule has 182 valence electrons. The third kappa shape index (κ3) is 3.90. The zero-order valence-electron chi connectivity index (χ0n) is 20.4. The smallest absolute Gasteiger partial charge is 0.307 e. The van der Waals surface area contributed by atoms with E-state index in [1.807, 2.05) is 0 Å². The summed E-state index contributed by atoms with van der Waals surface area (Å²) in [4.78, 5) is 21.6. The summed E-state index contributed by atoms with van der Waals surface area (Å²) in [5.41, 5.74) is 9.25. The number of nitrogens with one attached hydrogen (secondary N) is 1. The maximum absolute atomic E-state index is 11.1. The maximum Gasteiger partial charge on any atom is 0.307 e. The van der Waals surface area contributed by atoms with Gasteiger partial charge in [-0.2, -0.15) is 4.80 Å². The van der Waals surface area contributed by atoms with E-state index in [4.69, 9.17) is 5.11 Å². The number of anilines is 1. The van der Waals surface area contributed by atoms with E-state index in [0.717, 1.165) is 24.1 Å². The maximum atomic E-state index is 11.1. The highest BCUT2D eigenvalue weighted by Gasteiger charge is 2.45. The molecule has 0 radical (unpaired) electrons. The summed E-state index contributed by atoms with van der Waals surface area (Å²) in [6.45, 7) is 4.27. The fraction of sp³-hybridized carbons (Fsp3) is 0.333. The number of tetrazole rings is 1. The van der Waals surface area contributed by atoms with Gasteiger partial charge in [0.25, 0.3) is 0 Å². The molecule has 0 amide bonds. The average Bonchev–Trinajstić information content (AvgIpc) is 3.39. The van der Waals surface area contributed by atoms with Crippen LogP contribution >= 0.6 is 0 Å². The number of carbonyl (C=O) groups is 1. The molecule has 1 saturated carbocycles. The fourth-order valence-corrected chi connectivity index (χ4v) is 5.53. The van der Waals surface area contributed by atoms with E-state index in [2.05, 4.69) is 74.9 Å². The van der Waals surface area contributed by atoms with Crippen molar-refractivity contribution < 1.29 is 9.90 Å². The Bertz CT molecular complexity index is 1450. The van der Waals surface area contributed by atoms with Gasteiger partial charge >= 0.3 is 5.97 Å². The molecule has 2 heterocycles. The second-order valence-electron chi connectivity index (χ2n) is 9.81. The van der Waals surface area contributed by atoms with Gasteiger partial charge in [0, 0.05) is 11.5 Å². The van der Waals surface area contributed by atoms with Gasteiger partial charge in [-0.25, -0.2) is 4.98 Å². The van der Waals surface area contributed by atoms with E-state index in [1.54, 1.807) is 19.4 Å². The Labute approximate surface area is 208 Å². The van der Waals surface area contributed by atoms with Crippen LogP contribution in [0.1, 0.15) is 52.7 Å². The molecule has 2 aliphatic rings. The van der Waals surface area contributed by atoms with Crippen LogP contribution in [0.15, 0.2) is 42.7 Å². The summed E-state index contributed by atoms with van der Waals surface area (Å²) >= 11 is 0. The first-order chi connectivity index (χ1) is 17.4. The van der Waals surface area contributed by atoms with Gasteiger partial charge in [-0.3, -0.25) is 9.78 Å². The van der Waals surface area contributed by atoms with E-state index < -0.39 is 5.97 Å². The molecule has 0 saturated heterocycles. The lowest BCUT2D eigenvalue weighted by atomic mass is 9.89. The molecule has 6 rings (SSSR count). The van der Waals surface area contributed by atoms with Crippen molar-refractivity contribution in [2.75, 3.05) is 5.32 Å². The summed E-state index contributed by atoms with van der Waals surface area (Å²) < 4.78 is 0. The molecule has 2 aromatic carbocycles. The van der Waals surface area contributed by atoms with Gasteiger partial charge < -0.3 is 10.4 Å². The van der Waals surface area contributed by atoms with Crippen LogP contribution in [0, 0.1) is 19.8 Å². The van der Waals surface area contributed by atoms with Gasteiger partial charge in [-0.1, -0.05) is 18.2 Å². The molecule has 1 fully saturated rings. The zero-order chi connectivity index (χ0) is 25.0. The molecule has 3 atom stereocenters. The number of fused-ring (bicyclic) bond motifs is 1. The summed E-state index contributed by atoms with van der Waals surface area (Å²) in [5, 5.41) is 25.2. The second-order valence-corrected chi connectivity index (χ2v) is 9.81. The van der Waals surface area contributed by atoms with Crippen molar-refractivity contribution in [2.45, 2.75) is 45.1 Å². The van der Waals surface area contributed by atoms with Crippen LogP contribution in [0.4, 0.5) is 5.82 Å². The number of aromatic nitrogens is 6. The Balaban J connectivity index is 1.25. The van der Waals surface area contributed by atoms with Crippen molar-refractivity contribution in [3.8, 4) is 22.5 Å². The van der Waals surface area contributed by atoms with Crippen LogP contribution < -0.4 is 5.32 Å². The van der Waals surface area contributed by atoms with E-state index >= 15 is 0 Å². The van der Waals surface area contributed by atoms with Gasteiger partial charge in [-0.15, -0.1) is 10.2 Å². The normalized spacial score (nSPS) is 20.2. The van der Waals surface area contributed by atoms with Gasteiger partial charge in [0.15, 0.2) is 0 Å². The van der Waals surface area contributed by atoms with Crippen molar-refractivity contribution in [3.05, 3.63) is 70.7 Å². The van der Waals surface area contributed by atoms with E-state index in [0.29, 0.717) is 18.1 Å². The van der Waals surface area contributed by atoms with Crippen molar-refractivity contribution in [1.82, 2.24) is 30.2 Å². The van der Waals surface area contributed by atoms with Gasteiger partial charge in [-0.05, 0) is 83.8 Å². The van der Waals surface area contributed by atoms with Crippen LogP contribution in [-0.2, 0) is 18.3 Å². The van der Waals surface area contributed by atoms with Crippen molar-refractivity contribution >= 4 is 11.8 Å². The lowest BCUT2D eigenvalue weighted by Crippen LogP contribution is -2.09. The highest BCUT2D eigenvalue weighted by Crippen LogP contribution is 2.47. The number of rotatable bonds is 6. The Morgan fingerprint density at radius 3 is 2.58 bits per heavy atom. The van der Waals surface area contributed by atoms with Crippen LogP contribution in [0.5, 0.6) is 0 Å². The lowest BCUT2D eigenvalue weighted by Gasteiger charge is -2.18.